The van der Waals surface area contributed by atoms with Gasteiger partial charge >= 0.3 is 0 Å². The molecule has 1 aliphatic rings. The molecular formula is C23H23NO2. The summed E-state index contributed by atoms with van der Waals surface area (Å²) < 4.78 is 12.0. The van der Waals surface area contributed by atoms with Crippen LogP contribution < -0.4 is 10.5 Å². The molecule has 0 spiro atoms. The van der Waals surface area contributed by atoms with Gasteiger partial charge in [0.1, 0.15) is 11.5 Å². The summed E-state index contributed by atoms with van der Waals surface area (Å²) in [5.41, 5.74) is 9.32. The summed E-state index contributed by atoms with van der Waals surface area (Å²) in [6, 6.07) is 26.7. The highest BCUT2D eigenvalue weighted by Gasteiger charge is 2.26. The molecule has 1 saturated carbocycles. The van der Waals surface area contributed by atoms with Crippen LogP contribution in [0.3, 0.4) is 0 Å². The second-order valence-electron chi connectivity index (χ2n) is 6.76. The molecule has 4 rings (SSSR count). The number of rotatable bonds is 6. The second-order valence-corrected chi connectivity index (χ2v) is 6.76. The van der Waals surface area contributed by atoms with Gasteiger partial charge in [0, 0.05) is 6.04 Å². The van der Waals surface area contributed by atoms with E-state index in [0.717, 1.165) is 41.0 Å². The van der Waals surface area contributed by atoms with Crippen molar-refractivity contribution in [1.82, 2.24) is 0 Å². The van der Waals surface area contributed by atoms with Gasteiger partial charge < -0.3 is 15.2 Å². The zero-order valence-corrected chi connectivity index (χ0v) is 14.7. The zero-order valence-electron chi connectivity index (χ0n) is 14.7. The molecule has 0 unspecified atom stereocenters. The molecule has 0 aromatic heterocycles. The van der Waals surface area contributed by atoms with E-state index in [2.05, 4.69) is 36.4 Å². The lowest BCUT2D eigenvalue weighted by Gasteiger charge is -2.32. The minimum atomic E-state index is 0.286. The standard InChI is InChI=1S/C23H23NO2/c24-19-13-22(14-19)25-16-18-11-12-21(26-20-9-5-2-6-10-20)15-23(18)17-7-3-1-4-8-17/h1-12,15,19,22H,13-14,16,24H2. The predicted octanol–water partition coefficient (Wildman–Crippen LogP) is 5.15. The summed E-state index contributed by atoms with van der Waals surface area (Å²) >= 11 is 0. The SMILES string of the molecule is NC1CC(OCc2ccc(Oc3ccccc3)cc2-c2ccccc2)C1. The normalized spacial score (nSPS) is 19.0. The fourth-order valence-corrected chi connectivity index (χ4v) is 3.21. The number of hydrogen-bond donors (Lipinski definition) is 1. The van der Waals surface area contributed by atoms with Crippen LogP contribution in [0.2, 0.25) is 0 Å². The maximum absolute atomic E-state index is 6.03. The van der Waals surface area contributed by atoms with E-state index >= 15 is 0 Å². The van der Waals surface area contributed by atoms with Crippen LogP contribution in [0.25, 0.3) is 11.1 Å². The van der Waals surface area contributed by atoms with Crippen molar-refractivity contribution in [3.05, 3.63) is 84.4 Å². The molecule has 3 aromatic carbocycles. The van der Waals surface area contributed by atoms with Crippen molar-refractivity contribution in [3.63, 3.8) is 0 Å². The Morgan fingerprint density at radius 2 is 1.50 bits per heavy atom. The third kappa shape index (κ3) is 3.96. The first-order valence-electron chi connectivity index (χ1n) is 9.06. The van der Waals surface area contributed by atoms with E-state index in [1.54, 1.807) is 0 Å². The minimum absolute atomic E-state index is 0.286. The highest BCUT2D eigenvalue weighted by molar-refractivity contribution is 5.69. The van der Waals surface area contributed by atoms with E-state index in [1.807, 2.05) is 42.5 Å². The molecule has 3 nitrogen and oxygen atoms in total. The Kier molecular flexibility index (Phi) is 5.00. The van der Waals surface area contributed by atoms with Crippen molar-refractivity contribution in [3.8, 4) is 22.6 Å². The van der Waals surface area contributed by atoms with Crippen LogP contribution in [0.15, 0.2) is 78.9 Å². The molecule has 3 heteroatoms. The molecule has 132 valence electrons. The fourth-order valence-electron chi connectivity index (χ4n) is 3.21. The smallest absolute Gasteiger partial charge is 0.128 e. The summed E-state index contributed by atoms with van der Waals surface area (Å²) in [4.78, 5) is 0. The van der Waals surface area contributed by atoms with Gasteiger partial charge in [-0.25, -0.2) is 0 Å². The molecule has 0 aliphatic heterocycles. The third-order valence-electron chi connectivity index (χ3n) is 4.75. The zero-order chi connectivity index (χ0) is 17.8. The van der Waals surface area contributed by atoms with Crippen molar-refractivity contribution < 1.29 is 9.47 Å². The first-order valence-corrected chi connectivity index (χ1v) is 9.06. The molecule has 26 heavy (non-hydrogen) atoms. The van der Waals surface area contributed by atoms with Gasteiger partial charge in [0.05, 0.1) is 12.7 Å². The van der Waals surface area contributed by atoms with E-state index < -0.39 is 0 Å². The third-order valence-corrected chi connectivity index (χ3v) is 4.75. The van der Waals surface area contributed by atoms with Crippen LogP contribution in [0.4, 0.5) is 0 Å². The molecule has 0 amide bonds. The van der Waals surface area contributed by atoms with Gasteiger partial charge in [-0.05, 0) is 53.8 Å². The maximum Gasteiger partial charge on any atom is 0.128 e. The summed E-state index contributed by atoms with van der Waals surface area (Å²) in [6.07, 6.45) is 2.19. The van der Waals surface area contributed by atoms with Crippen LogP contribution >= 0.6 is 0 Å². The van der Waals surface area contributed by atoms with E-state index in [-0.39, 0.29) is 6.10 Å². The Bertz CT molecular complexity index is 843. The van der Waals surface area contributed by atoms with Gasteiger partial charge in [0.25, 0.3) is 0 Å². The van der Waals surface area contributed by atoms with Crippen LogP contribution in [-0.2, 0) is 11.3 Å². The average molecular weight is 345 g/mol. The summed E-state index contributed by atoms with van der Waals surface area (Å²) in [7, 11) is 0. The van der Waals surface area contributed by atoms with Crippen molar-refractivity contribution in [2.45, 2.75) is 31.6 Å². The Balaban J connectivity index is 1.58. The fraction of sp³-hybridized carbons (Fsp3) is 0.217. The van der Waals surface area contributed by atoms with Crippen LogP contribution in [0, 0.1) is 0 Å². The molecule has 0 heterocycles. The lowest BCUT2D eigenvalue weighted by molar-refractivity contribution is -0.0186. The molecule has 1 aliphatic carbocycles. The first kappa shape index (κ1) is 16.8. The van der Waals surface area contributed by atoms with Gasteiger partial charge in [-0.3, -0.25) is 0 Å². The Morgan fingerprint density at radius 3 is 2.19 bits per heavy atom. The summed E-state index contributed by atoms with van der Waals surface area (Å²) in [6.45, 7) is 0.591. The summed E-state index contributed by atoms with van der Waals surface area (Å²) in [5.74, 6) is 1.66. The van der Waals surface area contributed by atoms with E-state index in [0.29, 0.717) is 12.6 Å². The number of para-hydroxylation sites is 1. The van der Waals surface area contributed by atoms with Crippen molar-refractivity contribution in [2.75, 3.05) is 0 Å². The molecule has 0 radical (unpaired) electrons. The average Bonchev–Trinajstić information content (AvgIpc) is 2.66. The topological polar surface area (TPSA) is 44.5 Å². The molecule has 0 atom stereocenters. The quantitative estimate of drug-likeness (QED) is 0.672. The van der Waals surface area contributed by atoms with Gasteiger partial charge in [-0.1, -0.05) is 54.6 Å². The van der Waals surface area contributed by atoms with Crippen LogP contribution in [0.5, 0.6) is 11.5 Å². The van der Waals surface area contributed by atoms with Crippen molar-refractivity contribution in [1.29, 1.82) is 0 Å². The molecule has 1 fully saturated rings. The second kappa shape index (κ2) is 7.73. The molecular weight excluding hydrogens is 322 g/mol. The van der Waals surface area contributed by atoms with Gasteiger partial charge in [-0.2, -0.15) is 0 Å². The first-order chi connectivity index (χ1) is 12.8. The highest BCUT2D eigenvalue weighted by atomic mass is 16.5. The Morgan fingerprint density at radius 1 is 0.808 bits per heavy atom. The summed E-state index contributed by atoms with van der Waals surface area (Å²) in [5, 5.41) is 0. The lowest BCUT2D eigenvalue weighted by Crippen LogP contribution is -2.41. The maximum atomic E-state index is 6.03. The minimum Gasteiger partial charge on any atom is -0.457 e. The predicted molar refractivity (Wildman–Crippen MR) is 104 cm³/mol. The number of hydrogen-bond acceptors (Lipinski definition) is 3. The Labute approximate surface area is 154 Å². The number of nitrogens with two attached hydrogens (primary N) is 1. The molecule has 0 bridgehead atoms. The van der Waals surface area contributed by atoms with Crippen molar-refractivity contribution in [2.24, 2.45) is 5.73 Å². The van der Waals surface area contributed by atoms with Crippen LogP contribution in [0.1, 0.15) is 18.4 Å². The largest absolute Gasteiger partial charge is 0.457 e. The highest BCUT2D eigenvalue weighted by Crippen LogP contribution is 2.32. The number of ether oxygens (including phenoxy) is 2. The van der Waals surface area contributed by atoms with E-state index in [4.69, 9.17) is 15.2 Å². The van der Waals surface area contributed by atoms with E-state index in [9.17, 15) is 0 Å². The van der Waals surface area contributed by atoms with Gasteiger partial charge in [0.15, 0.2) is 0 Å². The van der Waals surface area contributed by atoms with Crippen molar-refractivity contribution >= 4 is 0 Å². The lowest BCUT2D eigenvalue weighted by atomic mass is 9.90. The van der Waals surface area contributed by atoms with Gasteiger partial charge in [0.2, 0.25) is 0 Å². The molecule has 3 aromatic rings. The van der Waals surface area contributed by atoms with Crippen LogP contribution in [-0.4, -0.2) is 12.1 Å². The monoisotopic (exact) mass is 345 g/mol. The molecule has 2 N–H and O–H groups in total. The number of benzene rings is 3. The van der Waals surface area contributed by atoms with E-state index in [1.165, 1.54) is 0 Å². The Hall–Kier alpha value is -2.62. The van der Waals surface area contributed by atoms with Gasteiger partial charge in [-0.15, -0.1) is 0 Å². The molecule has 0 saturated heterocycles.